The summed E-state index contributed by atoms with van der Waals surface area (Å²) in [5.41, 5.74) is 3.96. The average Bonchev–Trinajstić information content (AvgIpc) is 2.45. The Labute approximate surface area is 150 Å². The Bertz CT molecular complexity index is 470. The zero-order chi connectivity index (χ0) is 18.0. The van der Waals surface area contributed by atoms with Crippen molar-refractivity contribution in [1.29, 1.82) is 0 Å². The maximum absolute atomic E-state index is 9.41. The third-order valence-electron chi connectivity index (χ3n) is 7.22. The molecule has 0 heterocycles. The van der Waals surface area contributed by atoms with Crippen molar-refractivity contribution < 1.29 is 5.11 Å². The van der Waals surface area contributed by atoms with E-state index in [9.17, 15) is 5.11 Å². The molecular formula is C23H40O. The van der Waals surface area contributed by atoms with Gasteiger partial charge < -0.3 is 5.11 Å². The minimum atomic E-state index is -0.184. The Morgan fingerprint density at radius 1 is 1.33 bits per heavy atom. The molecule has 0 radical (unpaired) electrons. The van der Waals surface area contributed by atoms with Crippen molar-refractivity contribution in [2.24, 2.45) is 22.7 Å². The first kappa shape index (κ1) is 19.8. The van der Waals surface area contributed by atoms with Crippen LogP contribution in [0.15, 0.2) is 23.8 Å². The van der Waals surface area contributed by atoms with Crippen LogP contribution in [0.5, 0.6) is 0 Å². The van der Waals surface area contributed by atoms with Crippen molar-refractivity contribution in [1.82, 2.24) is 0 Å². The first-order valence-corrected chi connectivity index (χ1v) is 10.2. The Kier molecular flexibility index (Phi) is 6.40. The lowest BCUT2D eigenvalue weighted by Crippen LogP contribution is -2.49. The molecule has 0 bridgehead atoms. The van der Waals surface area contributed by atoms with E-state index in [1.165, 1.54) is 56.1 Å². The molecule has 2 rings (SSSR count). The zero-order valence-corrected chi connectivity index (χ0v) is 16.8. The molecule has 0 aliphatic heterocycles. The molecule has 2 aliphatic carbocycles. The average molecular weight is 333 g/mol. The molecule has 0 saturated heterocycles. The molecule has 1 nitrogen and oxygen atoms in total. The van der Waals surface area contributed by atoms with Crippen LogP contribution in [0.1, 0.15) is 92.4 Å². The molecule has 0 aromatic carbocycles. The summed E-state index contributed by atoms with van der Waals surface area (Å²) in [6.07, 6.45) is 13.2. The second kappa shape index (κ2) is 7.77. The molecule has 2 aliphatic rings. The van der Waals surface area contributed by atoms with Crippen LogP contribution in [0, 0.1) is 22.7 Å². The summed E-state index contributed by atoms with van der Waals surface area (Å²) in [5.74, 6) is 1.55. The van der Waals surface area contributed by atoms with Gasteiger partial charge in [-0.15, -0.1) is 0 Å². The number of rotatable bonds is 6. The summed E-state index contributed by atoms with van der Waals surface area (Å²) in [5, 5.41) is 9.41. The standard InChI is InChI=1S/C23H40O/c1-17(9-7-10-19(3)24)11-13-20-18(2)12-14-21-22(4,5)15-8-16-23(20,21)6/h9,19-21,24H,2,7-8,10-16H2,1,3-6H3/b17-9+/t19-,20-,21+,23-/m0/s1. The molecule has 0 amide bonds. The Morgan fingerprint density at radius 3 is 2.71 bits per heavy atom. The van der Waals surface area contributed by atoms with Crippen LogP contribution in [0.2, 0.25) is 0 Å². The SMILES string of the molecule is C=C1CC[C@@H]2C(C)(C)CCC[C@@]2(C)[C@H]1CC/C(C)=C/CC[C@H](C)O. The van der Waals surface area contributed by atoms with Crippen LogP contribution < -0.4 is 0 Å². The lowest BCUT2D eigenvalue weighted by Gasteiger charge is -2.58. The lowest BCUT2D eigenvalue weighted by atomic mass is 9.47. The van der Waals surface area contributed by atoms with E-state index in [-0.39, 0.29) is 6.10 Å². The van der Waals surface area contributed by atoms with E-state index < -0.39 is 0 Å². The molecule has 0 unspecified atom stereocenters. The largest absolute Gasteiger partial charge is 0.393 e. The summed E-state index contributed by atoms with van der Waals surface area (Å²) in [4.78, 5) is 0. The number of aliphatic hydroxyl groups is 1. The first-order chi connectivity index (χ1) is 11.2. The normalized spacial score (nSPS) is 34.8. The fourth-order valence-corrected chi connectivity index (χ4v) is 5.85. The van der Waals surface area contributed by atoms with E-state index in [2.05, 4.69) is 40.3 Å². The van der Waals surface area contributed by atoms with Gasteiger partial charge in [0.25, 0.3) is 0 Å². The van der Waals surface area contributed by atoms with E-state index in [1.54, 1.807) is 0 Å². The topological polar surface area (TPSA) is 20.2 Å². The van der Waals surface area contributed by atoms with Gasteiger partial charge in [0.2, 0.25) is 0 Å². The number of fused-ring (bicyclic) bond motifs is 1. The molecular weight excluding hydrogens is 292 g/mol. The van der Waals surface area contributed by atoms with Crippen LogP contribution in [0.25, 0.3) is 0 Å². The van der Waals surface area contributed by atoms with Gasteiger partial charge in [-0.05, 0) is 87.9 Å². The molecule has 1 heteroatoms. The molecule has 2 saturated carbocycles. The number of hydrogen-bond donors (Lipinski definition) is 1. The summed E-state index contributed by atoms with van der Waals surface area (Å²) < 4.78 is 0. The molecule has 0 aromatic rings. The minimum Gasteiger partial charge on any atom is -0.393 e. The van der Waals surface area contributed by atoms with Gasteiger partial charge in [0.05, 0.1) is 6.10 Å². The van der Waals surface area contributed by atoms with Gasteiger partial charge in [0, 0.05) is 0 Å². The van der Waals surface area contributed by atoms with Crippen LogP contribution in [-0.2, 0) is 0 Å². The predicted octanol–water partition coefficient (Wildman–Crippen LogP) is 6.67. The third kappa shape index (κ3) is 4.34. The first-order valence-electron chi connectivity index (χ1n) is 10.2. The van der Waals surface area contributed by atoms with Crippen LogP contribution >= 0.6 is 0 Å². The summed E-state index contributed by atoms with van der Waals surface area (Å²) in [6, 6.07) is 0. The fourth-order valence-electron chi connectivity index (χ4n) is 5.85. The van der Waals surface area contributed by atoms with Crippen LogP contribution in [0.3, 0.4) is 0 Å². The predicted molar refractivity (Wildman–Crippen MR) is 105 cm³/mol. The summed E-state index contributed by atoms with van der Waals surface area (Å²) >= 11 is 0. The highest BCUT2D eigenvalue weighted by molar-refractivity contribution is 5.16. The van der Waals surface area contributed by atoms with Gasteiger partial charge in [-0.3, -0.25) is 0 Å². The van der Waals surface area contributed by atoms with Crippen LogP contribution in [-0.4, -0.2) is 11.2 Å². The van der Waals surface area contributed by atoms with Gasteiger partial charge in [0.1, 0.15) is 0 Å². The summed E-state index contributed by atoms with van der Waals surface area (Å²) in [6.45, 7) is 16.2. The highest BCUT2D eigenvalue weighted by Gasteiger charge is 2.52. The maximum atomic E-state index is 9.41. The van der Waals surface area contributed by atoms with Crippen LogP contribution in [0.4, 0.5) is 0 Å². The zero-order valence-electron chi connectivity index (χ0n) is 16.8. The number of allylic oxidation sites excluding steroid dienone is 3. The Morgan fingerprint density at radius 2 is 2.04 bits per heavy atom. The number of hydrogen-bond acceptors (Lipinski definition) is 1. The summed E-state index contributed by atoms with van der Waals surface area (Å²) in [7, 11) is 0. The minimum absolute atomic E-state index is 0.184. The highest BCUT2D eigenvalue weighted by Crippen LogP contribution is 2.61. The van der Waals surface area contributed by atoms with Crippen molar-refractivity contribution in [2.45, 2.75) is 98.5 Å². The molecule has 4 atom stereocenters. The van der Waals surface area contributed by atoms with E-state index in [0.717, 1.165) is 18.8 Å². The van der Waals surface area contributed by atoms with Gasteiger partial charge in [-0.1, -0.05) is 51.0 Å². The maximum Gasteiger partial charge on any atom is 0.0515 e. The molecule has 2 fully saturated rings. The van der Waals surface area contributed by atoms with Crippen molar-refractivity contribution in [3.8, 4) is 0 Å². The Balaban J connectivity index is 2.03. The van der Waals surface area contributed by atoms with E-state index >= 15 is 0 Å². The molecule has 1 N–H and O–H groups in total. The molecule has 24 heavy (non-hydrogen) atoms. The second-order valence-corrected chi connectivity index (χ2v) is 9.67. The quantitative estimate of drug-likeness (QED) is 0.538. The van der Waals surface area contributed by atoms with Crippen molar-refractivity contribution in [2.75, 3.05) is 0 Å². The smallest absolute Gasteiger partial charge is 0.0515 e. The second-order valence-electron chi connectivity index (χ2n) is 9.67. The fraction of sp³-hybridized carbons (Fsp3) is 0.826. The molecule has 0 spiro atoms. The van der Waals surface area contributed by atoms with E-state index in [1.807, 2.05) is 6.92 Å². The Hall–Kier alpha value is -0.560. The van der Waals surface area contributed by atoms with Gasteiger partial charge in [0.15, 0.2) is 0 Å². The molecule has 0 aromatic heterocycles. The third-order valence-corrected chi connectivity index (χ3v) is 7.22. The van der Waals surface area contributed by atoms with Crippen molar-refractivity contribution in [3.05, 3.63) is 23.8 Å². The molecule has 138 valence electrons. The van der Waals surface area contributed by atoms with Gasteiger partial charge >= 0.3 is 0 Å². The van der Waals surface area contributed by atoms with E-state index in [0.29, 0.717) is 16.7 Å². The van der Waals surface area contributed by atoms with E-state index in [4.69, 9.17) is 0 Å². The monoisotopic (exact) mass is 332 g/mol. The van der Waals surface area contributed by atoms with Crippen molar-refractivity contribution in [3.63, 3.8) is 0 Å². The highest BCUT2D eigenvalue weighted by atomic mass is 16.3. The van der Waals surface area contributed by atoms with Gasteiger partial charge in [-0.2, -0.15) is 0 Å². The number of aliphatic hydroxyl groups excluding tert-OH is 1. The lowest BCUT2D eigenvalue weighted by molar-refractivity contribution is -0.0539. The van der Waals surface area contributed by atoms with Crippen molar-refractivity contribution >= 4 is 0 Å². The van der Waals surface area contributed by atoms with Gasteiger partial charge in [-0.25, -0.2) is 0 Å².